The molecule has 2 heteroatoms. The number of rotatable bonds is 9. The second-order valence-corrected chi connectivity index (χ2v) is 5.97. The molecule has 0 amide bonds. The van der Waals surface area contributed by atoms with Gasteiger partial charge in [-0.05, 0) is 25.2 Å². The summed E-state index contributed by atoms with van der Waals surface area (Å²) in [6.45, 7) is 2.19. The van der Waals surface area contributed by atoms with Crippen molar-refractivity contribution in [3.63, 3.8) is 0 Å². The molecule has 2 nitrogen and oxygen atoms in total. The van der Waals surface area contributed by atoms with Crippen LogP contribution in [0.1, 0.15) is 84.0 Å². The molecule has 0 heterocycles. The highest BCUT2D eigenvalue weighted by Crippen LogP contribution is 2.29. The monoisotopic (exact) mass is 254 g/mol. The molecular weight excluding hydrogens is 224 g/mol. The summed E-state index contributed by atoms with van der Waals surface area (Å²) in [7, 11) is 0. The molecule has 1 N–H and O–H groups in total. The Morgan fingerprint density at radius 3 is 2.44 bits per heavy atom. The van der Waals surface area contributed by atoms with E-state index < -0.39 is 5.97 Å². The lowest BCUT2D eigenvalue weighted by Crippen LogP contribution is -2.16. The Kier molecular flexibility index (Phi) is 8.11. The molecule has 0 aromatic heterocycles. The van der Waals surface area contributed by atoms with Crippen molar-refractivity contribution in [2.45, 2.75) is 84.0 Å². The van der Waals surface area contributed by atoms with Gasteiger partial charge in [-0.3, -0.25) is 4.79 Å². The van der Waals surface area contributed by atoms with Crippen molar-refractivity contribution in [3.05, 3.63) is 0 Å². The number of hydrogen-bond acceptors (Lipinski definition) is 1. The molecule has 0 bridgehead atoms. The van der Waals surface area contributed by atoms with Gasteiger partial charge in [-0.25, -0.2) is 0 Å². The third-order valence-electron chi connectivity index (χ3n) is 4.40. The molecule has 1 aliphatic rings. The maximum atomic E-state index is 11.2. The fourth-order valence-electron chi connectivity index (χ4n) is 3.12. The van der Waals surface area contributed by atoms with E-state index in [-0.39, 0.29) is 5.92 Å². The van der Waals surface area contributed by atoms with E-state index in [0.29, 0.717) is 0 Å². The van der Waals surface area contributed by atoms with Crippen molar-refractivity contribution in [2.24, 2.45) is 11.8 Å². The zero-order chi connectivity index (χ0) is 13.2. The lowest BCUT2D eigenvalue weighted by Gasteiger charge is -2.23. The summed E-state index contributed by atoms with van der Waals surface area (Å²) in [5, 5.41) is 9.26. The van der Waals surface area contributed by atoms with Crippen molar-refractivity contribution >= 4 is 5.97 Å². The van der Waals surface area contributed by atoms with E-state index in [9.17, 15) is 9.90 Å². The zero-order valence-electron chi connectivity index (χ0n) is 12.0. The predicted molar refractivity (Wildman–Crippen MR) is 75.7 cm³/mol. The predicted octanol–water partition coefficient (Wildman–Crippen LogP) is 5.02. The second-order valence-electron chi connectivity index (χ2n) is 5.97. The Hall–Kier alpha value is -0.530. The Labute approximate surface area is 112 Å². The number of aliphatic carboxylic acids is 1. The Balaban J connectivity index is 2.17. The number of carbonyl (C=O) groups is 1. The molecule has 106 valence electrons. The first-order valence-corrected chi connectivity index (χ1v) is 7.96. The number of carboxylic acid groups (broad SMARTS) is 1. The third kappa shape index (κ3) is 6.42. The summed E-state index contributed by atoms with van der Waals surface area (Å²) in [6.07, 6.45) is 14.5. The van der Waals surface area contributed by atoms with Gasteiger partial charge in [-0.15, -0.1) is 0 Å². The molecule has 0 spiro atoms. The van der Waals surface area contributed by atoms with Crippen LogP contribution < -0.4 is 0 Å². The Morgan fingerprint density at radius 1 is 1.11 bits per heavy atom. The first-order chi connectivity index (χ1) is 8.74. The minimum atomic E-state index is -0.567. The van der Waals surface area contributed by atoms with Crippen molar-refractivity contribution in [1.29, 1.82) is 0 Å². The SMILES string of the molecule is CCCCCCC(CCC1CCCCC1)C(=O)O. The molecular formula is C16H30O2. The third-order valence-corrected chi connectivity index (χ3v) is 4.40. The van der Waals surface area contributed by atoms with E-state index in [2.05, 4.69) is 6.92 Å². The van der Waals surface area contributed by atoms with E-state index in [1.165, 1.54) is 51.4 Å². The van der Waals surface area contributed by atoms with Gasteiger partial charge in [-0.2, -0.15) is 0 Å². The first kappa shape index (κ1) is 15.5. The lowest BCUT2D eigenvalue weighted by molar-refractivity contribution is -0.142. The van der Waals surface area contributed by atoms with Gasteiger partial charge < -0.3 is 5.11 Å². The quantitative estimate of drug-likeness (QED) is 0.587. The molecule has 18 heavy (non-hydrogen) atoms. The average molecular weight is 254 g/mol. The molecule has 1 atom stereocenters. The van der Waals surface area contributed by atoms with Gasteiger partial charge in [-0.1, -0.05) is 64.7 Å². The molecule has 1 rings (SSSR count). The normalized spacial score (nSPS) is 18.7. The van der Waals surface area contributed by atoms with Crippen LogP contribution in [0.3, 0.4) is 0 Å². The number of hydrogen-bond donors (Lipinski definition) is 1. The van der Waals surface area contributed by atoms with E-state index >= 15 is 0 Å². The molecule has 1 fully saturated rings. The van der Waals surface area contributed by atoms with Gasteiger partial charge in [0, 0.05) is 0 Å². The summed E-state index contributed by atoms with van der Waals surface area (Å²) in [6, 6.07) is 0. The summed E-state index contributed by atoms with van der Waals surface area (Å²) >= 11 is 0. The van der Waals surface area contributed by atoms with E-state index in [4.69, 9.17) is 0 Å². The molecule has 0 aliphatic heterocycles. The maximum absolute atomic E-state index is 11.2. The van der Waals surface area contributed by atoms with Gasteiger partial charge in [0.1, 0.15) is 0 Å². The van der Waals surface area contributed by atoms with Crippen molar-refractivity contribution in [1.82, 2.24) is 0 Å². The summed E-state index contributed by atoms with van der Waals surface area (Å²) in [4.78, 5) is 11.2. The van der Waals surface area contributed by atoms with Crippen molar-refractivity contribution in [2.75, 3.05) is 0 Å². The van der Waals surface area contributed by atoms with E-state index in [0.717, 1.165) is 31.6 Å². The highest BCUT2D eigenvalue weighted by atomic mass is 16.4. The number of unbranched alkanes of at least 4 members (excludes halogenated alkanes) is 3. The molecule has 0 radical (unpaired) electrons. The van der Waals surface area contributed by atoms with E-state index in [1.54, 1.807) is 0 Å². The molecule has 1 saturated carbocycles. The minimum Gasteiger partial charge on any atom is -0.481 e. The summed E-state index contributed by atoms with van der Waals surface area (Å²) < 4.78 is 0. The standard InChI is InChI=1S/C16H30O2/c1-2-3-4-8-11-15(16(17)18)13-12-14-9-6-5-7-10-14/h14-15H,2-13H2,1H3,(H,17,18). The Bertz CT molecular complexity index is 219. The fourth-order valence-corrected chi connectivity index (χ4v) is 3.12. The minimum absolute atomic E-state index is 0.0798. The summed E-state index contributed by atoms with van der Waals surface area (Å²) in [5.41, 5.74) is 0. The fraction of sp³-hybridized carbons (Fsp3) is 0.938. The highest BCUT2D eigenvalue weighted by Gasteiger charge is 2.20. The van der Waals surface area contributed by atoms with Crippen molar-refractivity contribution < 1.29 is 9.90 Å². The van der Waals surface area contributed by atoms with Crippen LogP contribution in [0, 0.1) is 11.8 Å². The van der Waals surface area contributed by atoms with Crippen LogP contribution in [0.15, 0.2) is 0 Å². The molecule has 0 saturated heterocycles. The largest absolute Gasteiger partial charge is 0.481 e. The van der Waals surface area contributed by atoms with Crippen LogP contribution >= 0.6 is 0 Å². The first-order valence-electron chi connectivity index (χ1n) is 7.96. The highest BCUT2D eigenvalue weighted by molar-refractivity contribution is 5.69. The van der Waals surface area contributed by atoms with Gasteiger partial charge >= 0.3 is 5.97 Å². The molecule has 0 aromatic rings. The van der Waals surface area contributed by atoms with Crippen LogP contribution in [0.2, 0.25) is 0 Å². The van der Waals surface area contributed by atoms with Crippen molar-refractivity contribution in [3.8, 4) is 0 Å². The van der Waals surface area contributed by atoms with Crippen LogP contribution in [0.4, 0.5) is 0 Å². The average Bonchev–Trinajstić information content (AvgIpc) is 2.38. The van der Waals surface area contributed by atoms with Crippen LogP contribution in [-0.2, 0) is 4.79 Å². The molecule has 0 aromatic carbocycles. The molecule has 1 aliphatic carbocycles. The van der Waals surface area contributed by atoms with Gasteiger partial charge in [0.15, 0.2) is 0 Å². The smallest absolute Gasteiger partial charge is 0.306 e. The van der Waals surface area contributed by atoms with Crippen LogP contribution in [-0.4, -0.2) is 11.1 Å². The van der Waals surface area contributed by atoms with Crippen LogP contribution in [0.5, 0.6) is 0 Å². The zero-order valence-corrected chi connectivity index (χ0v) is 12.0. The van der Waals surface area contributed by atoms with E-state index in [1.807, 2.05) is 0 Å². The molecule has 1 unspecified atom stereocenters. The second kappa shape index (κ2) is 9.41. The summed E-state index contributed by atoms with van der Waals surface area (Å²) in [5.74, 6) is 0.169. The van der Waals surface area contributed by atoms with Gasteiger partial charge in [0.2, 0.25) is 0 Å². The van der Waals surface area contributed by atoms with Crippen LogP contribution in [0.25, 0.3) is 0 Å². The van der Waals surface area contributed by atoms with Gasteiger partial charge in [0.05, 0.1) is 5.92 Å². The number of carboxylic acids is 1. The Morgan fingerprint density at radius 2 is 1.83 bits per heavy atom. The van der Waals surface area contributed by atoms with Gasteiger partial charge in [0.25, 0.3) is 0 Å². The lowest BCUT2D eigenvalue weighted by atomic mass is 9.83. The topological polar surface area (TPSA) is 37.3 Å². The maximum Gasteiger partial charge on any atom is 0.306 e.